The fourth-order valence-corrected chi connectivity index (χ4v) is 4.35. The number of para-hydroxylation sites is 1. The van der Waals surface area contributed by atoms with Crippen LogP contribution in [-0.2, 0) is 32.7 Å². The molecule has 204 valence electrons. The Labute approximate surface area is 225 Å². The third kappa shape index (κ3) is 7.60. The second-order valence-electron chi connectivity index (χ2n) is 8.81. The smallest absolute Gasteiger partial charge is 0.294 e. The number of hydrogen-bond acceptors (Lipinski definition) is 6. The number of pyridine rings is 1. The summed E-state index contributed by atoms with van der Waals surface area (Å²) in [7, 11) is -4.02. The maximum Gasteiger partial charge on any atom is 0.294 e. The fourth-order valence-electron chi connectivity index (χ4n) is 3.87. The molecular formula is C28H29N3O7S. The molecule has 0 saturated carbocycles. The van der Waals surface area contributed by atoms with Gasteiger partial charge in [0.15, 0.2) is 0 Å². The number of aromatic nitrogens is 1. The Bertz CT molecular complexity index is 1620. The van der Waals surface area contributed by atoms with Crippen molar-refractivity contribution in [2.45, 2.75) is 38.1 Å². The molecule has 0 fully saturated rings. The number of carbonyl (C=O) groups is 2. The average molecular weight is 552 g/mol. The second kappa shape index (κ2) is 12.5. The number of anilines is 1. The standard InChI is InChI=1S/C21H19N3O3.C7H8O3S.H2O/c1-13-16-4-2-3-5-17(16)27-18(13)12-22-19(25)8-6-14-10-15-7-9-20(26)24-21(15)23-11-14;1-6-2-4-7(5-3-6)11(8,9)10;/h2-6,8,10-11H,7,9,12H2,1H3,(H,22,25)(H,23,24,26);2-5H,1H3,(H,8,9,10);1H2/b8-6+;;. The summed E-state index contributed by atoms with van der Waals surface area (Å²) in [6, 6.07) is 15.7. The Morgan fingerprint density at radius 2 is 1.85 bits per heavy atom. The van der Waals surface area contributed by atoms with E-state index in [9.17, 15) is 18.0 Å². The molecule has 5 N–H and O–H groups in total. The van der Waals surface area contributed by atoms with Crippen molar-refractivity contribution >= 4 is 44.8 Å². The molecule has 0 bridgehead atoms. The fraction of sp³-hybridized carbons (Fsp3) is 0.179. The molecule has 2 amide bonds. The molecule has 1 aliphatic heterocycles. The zero-order chi connectivity index (χ0) is 27.3. The summed E-state index contributed by atoms with van der Waals surface area (Å²) in [5.41, 5.74) is 4.62. The van der Waals surface area contributed by atoms with Crippen molar-refractivity contribution in [3.8, 4) is 0 Å². The number of furan rings is 1. The zero-order valence-corrected chi connectivity index (χ0v) is 22.2. The molecule has 39 heavy (non-hydrogen) atoms. The van der Waals surface area contributed by atoms with E-state index in [4.69, 9.17) is 8.97 Å². The number of benzene rings is 2. The summed E-state index contributed by atoms with van der Waals surface area (Å²) in [5, 5.41) is 6.64. The van der Waals surface area contributed by atoms with Gasteiger partial charge in [0.25, 0.3) is 10.1 Å². The summed E-state index contributed by atoms with van der Waals surface area (Å²) in [4.78, 5) is 27.7. The molecule has 10 nitrogen and oxygen atoms in total. The first kappa shape index (κ1) is 29.2. The molecule has 0 saturated heterocycles. The van der Waals surface area contributed by atoms with Crippen LogP contribution in [0.3, 0.4) is 0 Å². The van der Waals surface area contributed by atoms with Gasteiger partial charge in [-0.05, 0) is 61.7 Å². The molecule has 11 heteroatoms. The van der Waals surface area contributed by atoms with E-state index in [2.05, 4.69) is 15.6 Å². The Balaban J connectivity index is 0.000000297. The number of carbonyl (C=O) groups excluding carboxylic acids is 2. The van der Waals surface area contributed by atoms with Crippen LogP contribution in [-0.4, -0.2) is 35.2 Å². The number of fused-ring (bicyclic) bond motifs is 2. The van der Waals surface area contributed by atoms with E-state index < -0.39 is 10.1 Å². The van der Waals surface area contributed by atoms with Crippen LogP contribution in [0.25, 0.3) is 17.0 Å². The number of nitrogens with zero attached hydrogens (tertiary/aromatic N) is 1. The summed E-state index contributed by atoms with van der Waals surface area (Å²) in [6.45, 7) is 4.16. The van der Waals surface area contributed by atoms with Crippen molar-refractivity contribution in [2.75, 3.05) is 5.32 Å². The van der Waals surface area contributed by atoms with Crippen LogP contribution in [0.1, 0.15) is 34.4 Å². The van der Waals surface area contributed by atoms with Crippen LogP contribution < -0.4 is 10.6 Å². The molecule has 2 aromatic carbocycles. The van der Waals surface area contributed by atoms with Crippen LogP contribution >= 0.6 is 0 Å². The minimum Gasteiger partial charge on any atom is -0.459 e. The lowest BCUT2D eigenvalue weighted by molar-refractivity contribution is -0.117. The molecule has 0 aliphatic carbocycles. The van der Waals surface area contributed by atoms with E-state index in [1.54, 1.807) is 24.4 Å². The van der Waals surface area contributed by atoms with Gasteiger partial charge in [0, 0.05) is 29.6 Å². The molecule has 1 aliphatic rings. The lowest BCUT2D eigenvalue weighted by Gasteiger charge is -2.15. The zero-order valence-electron chi connectivity index (χ0n) is 21.4. The lowest BCUT2D eigenvalue weighted by atomic mass is 10.0. The molecule has 0 atom stereocenters. The van der Waals surface area contributed by atoms with Crippen molar-refractivity contribution in [1.29, 1.82) is 0 Å². The molecular weight excluding hydrogens is 522 g/mol. The maximum atomic E-state index is 12.1. The highest BCUT2D eigenvalue weighted by atomic mass is 32.2. The Morgan fingerprint density at radius 1 is 1.13 bits per heavy atom. The van der Waals surface area contributed by atoms with Gasteiger partial charge in [0.05, 0.1) is 11.4 Å². The van der Waals surface area contributed by atoms with E-state index in [0.717, 1.165) is 39.0 Å². The summed E-state index contributed by atoms with van der Waals surface area (Å²) in [5.74, 6) is 1.14. The summed E-state index contributed by atoms with van der Waals surface area (Å²) in [6.07, 6.45) is 5.94. The average Bonchev–Trinajstić information content (AvgIpc) is 3.21. The van der Waals surface area contributed by atoms with Crippen LogP contribution in [0.5, 0.6) is 0 Å². The predicted molar refractivity (Wildman–Crippen MR) is 148 cm³/mol. The molecule has 0 unspecified atom stereocenters. The Hall–Kier alpha value is -4.32. The van der Waals surface area contributed by atoms with Crippen molar-refractivity contribution in [3.05, 3.63) is 94.9 Å². The van der Waals surface area contributed by atoms with Gasteiger partial charge in [0.2, 0.25) is 11.8 Å². The van der Waals surface area contributed by atoms with Gasteiger partial charge in [-0.3, -0.25) is 14.1 Å². The number of hydrogen-bond donors (Lipinski definition) is 3. The second-order valence-corrected chi connectivity index (χ2v) is 10.2. The van der Waals surface area contributed by atoms with Crippen LogP contribution in [0.2, 0.25) is 0 Å². The topological polar surface area (TPSA) is 170 Å². The molecule has 2 aromatic heterocycles. The first-order valence-electron chi connectivity index (χ1n) is 11.9. The predicted octanol–water partition coefficient (Wildman–Crippen LogP) is 3.77. The summed E-state index contributed by atoms with van der Waals surface area (Å²) >= 11 is 0. The van der Waals surface area contributed by atoms with Gasteiger partial charge in [-0.2, -0.15) is 8.42 Å². The first-order chi connectivity index (χ1) is 18.1. The van der Waals surface area contributed by atoms with E-state index >= 15 is 0 Å². The maximum absolute atomic E-state index is 12.1. The van der Waals surface area contributed by atoms with Crippen molar-refractivity contribution in [2.24, 2.45) is 0 Å². The molecule has 3 heterocycles. The normalized spacial score (nSPS) is 12.6. The van der Waals surface area contributed by atoms with Crippen LogP contribution in [0.4, 0.5) is 5.82 Å². The van der Waals surface area contributed by atoms with Crippen molar-refractivity contribution in [1.82, 2.24) is 10.3 Å². The van der Waals surface area contributed by atoms with Crippen molar-refractivity contribution < 1.29 is 32.5 Å². The van der Waals surface area contributed by atoms with Gasteiger partial charge in [-0.25, -0.2) is 4.98 Å². The van der Waals surface area contributed by atoms with Gasteiger partial charge in [-0.1, -0.05) is 35.9 Å². The number of aryl methyl sites for hydroxylation is 3. The van der Waals surface area contributed by atoms with Crippen LogP contribution in [0.15, 0.2) is 76.2 Å². The molecule has 0 radical (unpaired) electrons. The van der Waals surface area contributed by atoms with E-state index in [1.165, 1.54) is 18.2 Å². The quantitative estimate of drug-likeness (QED) is 0.250. The highest BCUT2D eigenvalue weighted by Gasteiger charge is 2.15. The highest BCUT2D eigenvalue weighted by molar-refractivity contribution is 7.85. The molecule has 0 spiro atoms. The van der Waals surface area contributed by atoms with E-state index in [-0.39, 0.29) is 22.2 Å². The molecule has 4 aromatic rings. The Morgan fingerprint density at radius 3 is 2.54 bits per heavy atom. The van der Waals surface area contributed by atoms with Crippen molar-refractivity contribution in [3.63, 3.8) is 0 Å². The van der Waals surface area contributed by atoms with E-state index in [0.29, 0.717) is 25.2 Å². The largest absolute Gasteiger partial charge is 0.459 e. The number of nitrogens with one attached hydrogen (secondary N) is 2. The van der Waals surface area contributed by atoms with Gasteiger partial charge in [0.1, 0.15) is 17.2 Å². The lowest BCUT2D eigenvalue weighted by Crippen LogP contribution is -2.20. The monoisotopic (exact) mass is 551 g/mol. The number of amides is 2. The molecule has 5 rings (SSSR count). The van der Waals surface area contributed by atoms with Gasteiger partial charge < -0.3 is 20.5 Å². The first-order valence-corrected chi connectivity index (χ1v) is 13.3. The minimum atomic E-state index is -4.02. The van der Waals surface area contributed by atoms with E-state index in [1.807, 2.05) is 44.2 Å². The van der Waals surface area contributed by atoms with Gasteiger partial charge in [-0.15, -0.1) is 0 Å². The SMILES string of the molecule is Cc1c(CNC(=O)/C=C/c2cnc3c(c2)CCC(=O)N3)oc2ccccc12.Cc1ccc(S(=O)(=O)O)cc1.O. The minimum absolute atomic E-state index is 0. The third-order valence-electron chi connectivity index (χ3n) is 5.98. The Kier molecular flexibility index (Phi) is 9.36. The summed E-state index contributed by atoms with van der Waals surface area (Å²) < 4.78 is 35.4. The third-order valence-corrected chi connectivity index (χ3v) is 6.85. The van der Waals surface area contributed by atoms with Gasteiger partial charge >= 0.3 is 0 Å². The highest BCUT2D eigenvalue weighted by Crippen LogP contribution is 2.25. The number of rotatable bonds is 5. The van der Waals surface area contributed by atoms with Crippen LogP contribution in [0, 0.1) is 13.8 Å².